The van der Waals surface area contributed by atoms with Gasteiger partial charge in [0.1, 0.15) is 0 Å². The molecule has 0 saturated carbocycles. The Kier molecular flexibility index (Phi) is 9.72. The van der Waals surface area contributed by atoms with Crippen LogP contribution in [0, 0.1) is 17.8 Å². The molecule has 0 aromatic heterocycles. The zero-order chi connectivity index (χ0) is 14.9. The summed E-state index contributed by atoms with van der Waals surface area (Å²) in [6.07, 6.45) is 6.48. The summed E-state index contributed by atoms with van der Waals surface area (Å²) >= 11 is 0. The predicted octanol–water partition coefficient (Wildman–Crippen LogP) is 4.19. The first-order valence-corrected chi connectivity index (χ1v) is 8.31. The third-order valence-corrected chi connectivity index (χ3v) is 4.51. The molecule has 0 heterocycles. The summed E-state index contributed by atoms with van der Waals surface area (Å²) in [6, 6.07) is 0. The van der Waals surface area contributed by atoms with Gasteiger partial charge in [0.05, 0.1) is 0 Å². The molecule has 0 radical (unpaired) electrons. The minimum absolute atomic E-state index is 0.121. The Hall–Kier alpha value is -0.0800. The third-order valence-electron chi connectivity index (χ3n) is 4.51. The van der Waals surface area contributed by atoms with Crippen LogP contribution >= 0.6 is 0 Å². The van der Waals surface area contributed by atoms with Gasteiger partial charge in [0, 0.05) is 12.1 Å². The minimum Gasteiger partial charge on any atom is -0.329 e. The van der Waals surface area contributed by atoms with Crippen molar-refractivity contribution in [1.29, 1.82) is 0 Å². The van der Waals surface area contributed by atoms with Gasteiger partial charge in [-0.2, -0.15) is 0 Å². The van der Waals surface area contributed by atoms with Crippen LogP contribution in [0.4, 0.5) is 0 Å². The first-order valence-electron chi connectivity index (χ1n) is 8.31. The lowest BCUT2D eigenvalue weighted by atomic mass is 9.84. The van der Waals surface area contributed by atoms with Crippen LogP contribution in [0.2, 0.25) is 0 Å². The summed E-state index contributed by atoms with van der Waals surface area (Å²) in [6.45, 7) is 15.7. The molecule has 116 valence electrons. The number of nitrogens with two attached hydrogens (primary N) is 1. The number of rotatable bonds is 11. The molecule has 0 aromatic rings. The molecule has 0 rings (SSSR count). The molecular formula is C17H38N2. The summed E-state index contributed by atoms with van der Waals surface area (Å²) in [5, 5.41) is 3.76. The smallest absolute Gasteiger partial charge is 0.0275 e. The second kappa shape index (κ2) is 9.77. The van der Waals surface area contributed by atoms with Crippen molar-refractivity contribution in [2.24, 2.45) is 23.5 Å². The van der Waals surface area contributed by atoms with Gasteiger partial charge < -0.3 is 11.1 Å². The Morgan fingerprint density at radius 1 is 1.00 bits per heavy atom. The number of unbranched alkanes of at least 4 members (excludes halogenated alkanes) is 3. The lowest BCUT2D eigenvalue weighted by molar-refractivity contribution is 0.230. The Bertz CT molecular complexity index is 205. The number of hydrogen-bond acceptors (Lipinski definition) is 2. The van der Waals surface area contributed by atoms with Gasteiger partial charge in [-0.05, 0) is 37.6 Å². The van der Waals surface area contributed by atoms with Crippen molar-refractivity contribution in [3.8, 4) is 0 Å². The molecule has 3 N–H and O–H groups in total. The van der Waals surface area contributed by atoms with Crippen molar-refractivity contribution in [1.82, 2.24) is 5.32 Å². The van der Waals surface area contributed by atoms with Gasteiger partial charge in [-0.25, -0.2) is 0 Å². The van der Waals surface area contributed by atoms with Crippen molar-refractivity contribution in [3.63, 3.8) is 0 Å². The maximum Gasteiger partial charge on any atom is 0.0275 e. The van der Waals surface area contributed by atoms with E-state index in [1.54, 1.807) is 0 Å². The molecule has 0 bridgehead atoms. The molecule has 0 saturated heterocycles. The topological polar surface area (TPSA) is 38.0 Å². The summed E-state index contributed by atoms with van der Waals surface area (Å²) in [7, 11) is 0. The Balaban J connectivity index is 4.20. The molecule has 0 spiro atoms. The van der Waals surface area contributed by atoms with Gasteiger partial charge in [0.15, 0.2) is 0 Å². The molecule has 0 aliphatic heterocycles. The van der Waals surface area contributed by atoms with Gasteiger partial charge in [-0.3, -0.25) is 0 Å². The molecule has 0 fully saturated rings. The molecule has 0 amide bonds. The van der Waals surface area contributed by atoms with Gasteiger partial charge in [0.25, 0.3) is 0 Å². The van der Waals surface area contributed by atoms with Crippen molar-refractivity contribution in [2.45, 2.75) is 79.2 Å². The average molecular weight is 271 g/mol. The Morgan fingerprint density at radius 2 is 1.58 bits per heavy atom. The highest BCUT2D eigenvalue weighted by molar-refractivity contribution is 4.85. The van der Waals surface area contributed by atoms with Crippen LogP contribution in [0.1, 0.15) is 73.6 Å². The van der Waals surface area contributed by atoms with E-state index < -0.39 is 0 Å². The SMILES string of the molecule is CCCCCCC(C)(CN)NCC(C(C)C)C(C)C. The summed E-state index contributed by atoms with van der Waals surface area (Å²) in [4.78, 5) is 0. The molecule has 0 aliphatic carbocycles. The first kappa shape index (κ1) is 18.9. The fourth-order valence-electron chi connectivity index (χ4n) is 2.81. The Morgan fingerprint density at radius 3 is 2.00 bits per heavy atom. The number of nitrogens with one attached hydrogen (secondary N) is 1. The van der Waals surface area contributed by atoms with Gasteiger partial charge >= 0.3 is 0 Å². The maximum atomic E-state index is 6.00. The van der Waals surface area contributed by atoms with E-state index in [4.69, 9.17) is 5.73 Å². The van der Waals surface area contributed by atoms with Gasteiger partial charge in [-0.1, -0.05) is 60.3 Å². The lowest BCUT2D eigenvalue weighted by Gasteiger charge is -2.34. The molecule has 2 heteroatoms. The average Bonchev–Trinajstić information content (AvgIpc) is 2.34. The summed E-state index contributed by atoms with van der Waals surface area (Å²) < 4.78 is 0. The van der Waals surface area contributed by atoms with E-state index in [9.17, 15) is 0 Å². The normalized spacial score (nSPS) is 15.5. The zero-order valence-corrected chi connectivity index (χ0v) is 14.3. The fourth-order valence-corrected chi connectivity index (χ4v) is 2.81. The largest absolute Gasteiger partial charge is 0.329 e. The summed E-state index contributed by atoms with van der Waals surface area (Å²) in [5.74, 6) is 2.20. The lowest BCUT2D eigenvalue weighted by Crippen LogP contribution is -2.51. The molecular weight excluding hydrogens is 232 g/mol. The van der Waals surface area contributed by atoms with E-state index in [-0.39, 0.29) is 5.54 Å². The van der Waals surface area contributed by atoms with Crippen LogP contribution in [0.25, 0.3) is 0 Å². The van der Waals surface area contributed by atoms with Gasteiger partial charge in [0.2, 0.25) is 0 Å². The van der Waals surface area contributed by atoms with E-state index in [0.29, 0.717) is 0 Å². The first-order chi connectivity index (χ1) is 8.86. The Labute approximate surface area is 121 Å². The van der Waals surface area contributed by atoms with Crippen LogP contribution in [-0.2, 0) is 0 Å². The monoisotopic (exact) mass is 270 g/mol. The van der Waals surface area contributed by atoms with E-state index in [0.717, 1.165) is 30.8 Å². The highest BCUT2D eigenvalue weighted by atomic mass is 15.0. The molecule has 1 unspecified atom stereocenters. The van der Waals surface area contributed by atoms with Crippen molar-refractivity contribution in [2.75, 3.05) is 13.1 Å². The van der Waals surface area contributed by atoms with Crippen molar-refractivity contribution >= 4 is 0 Å². The number of hydrogen-bond donors (Lipinski definition) is 2. The molecule has 2 nitrogen and oxygen atoms in total. The zero-order valence-electron chi connectivity index (χ0n) is 14.3. The maximum absolute atomic E-state index is 6.00. The molecule has 0 aliphatic rings. The second-order valence-corrected chi connectivity index (χ2v) is 7.11. The quantitative estimate of drug-likeness (QED) is 0.552. The fraction of sp³-hybridized carbons (Fsp3) is 1.00. The molecule has 0 aromatic carbocycles. The van der Waals surface area contributed by atoms with Crippen LogP contribution < -0.4 is 11.1 Å². The standard InChI is InChI=1S/C17H38N2/c1-7-8-9-10-11-17(6,13-18)19-12-16(14(2)3)15(4)5/h14-16,19H,7-13,18H2,1-6H3. The third kappa shape index (κ3) is 7.94. The van der Waals surface area contributed by atoms with Crippen LogP contribution in [0.3, 0.4) is 0 Å². The van der Waals surface area contributed by atoms with Crippen molar-refractivity contribution in [3.05, 3.63) is 0 Å². The van der Waals surface area contributed by atoms with E-state index in [1.807, 2.05) is 0 Å². The summed E-state index contributed by atoms with van der Waals surface area (Å²) in [5.41, 5.74) is 6.12. The van der Waals surface area contributed by atoms with Crippen LogP contribution in [0.15, 0.2) is 0 Å². The van der Waals surface area contributed by atoms with E-state index in [1.165, 1.54) is 32.1 Å². The molecule has 19 heavy (non-hydrogen) atoms. The van der Waals surface area contributed by atoms with Crippen LogP contribution in [-0.4, -0.2) is 18.6 Å². The minimum atomic E-state index is 0.121. The molecule has 1 atom stereocenters. The van der Waals surface area contributed by atoms with E-state index >= 15 is 0 Å². The van der Waals surface area contributed by atoms with E-state index in [2.05, 4.69) is 46.9 Å². The van der Waals surface area contributed by atoms with Crippen LogP contribution in [0.5, 0.6) is 0 Å². The van der Waals surface area contributed by atoms with Gasteiger partial charge in [-0.15, -0.1) is 0 Å². The second-order valence-electron chi connectivity index (χ2n) is 7.11. The predicted molar refractivity (Wildman–Crippen MR) is 87.4 cm³/mol. The highest BCUT2D eigenvalue weighted by Gasteiger charge is 2.25. The van der Waals surface area contributed by atoms with Crippen molar-refractivity contribution < 1.29 is 0 Å². The highest BCUT2D eigenvalue weighted by Crippen LogP contribution is 2.22.